The van der Waals surface area contributed by atoms with Gasteiger partial charge >= 0.3 is 0 Å². The third kappa shape index (κ3) is 4.90. The minimum absolute atomic E-state index is 0.141. The largest absolute Gasteiger partial charge is 0.455 e. The fourth-order valence-corrected chi connectivity index (χ4v) is 4.26. The van der Waals surface area contributed by atoms with E-state index in [1.807, 2.05) is 47.0 Å². The number of aromatic nitrogens is 3. The molecule has 33 heavy (non-hydrogen) atoms. The average molecular weight is 461 g/mol. The number of amides is 1. The second kappa shape index (κ2) is 9.46. The minimum Gasteiger partial charge on any atom is -0.455 e. The molecule has 166 valence electrons. The van der Waals surface area contributed by atoms with Crippen molar-refractivity contribution in [3.05, 3.63) is 84.7 Å². The maximum absolute atomic E-state index is 14.3. The topological polar surface area (TPSA) is 69.0 Å². The van der Waals surface area contributed by atoms with Gasteiger partial charge in [-0.1, -0.05) is 54.2 Å². The third-order valence-corrected chi connectivity index (χ3v) is 6.10. The molecule has 0 saturated heterocycles. The monoisotopic (exact) mass is 460 g/mol. The minimum atomic E-state index is -0.337. The van der Waals surface area contributed by atoms with Gasteiger partial charge in [-0.15, -0.1) is 10.2 Å². The normalized spacial score (nSPS) is 13.0. The second-order valence-electron chi connectivity index (χ2n) is 7.64. The molecule has 6 nitrogen and oxygen atoms in total. The molecule has 0 unspecified atom stereocenters. The maximum atomic E-state index is 14.3. The van der Waals surface area contributed by atoms with E-state index < -0.39 is 0 Å². The Balaban J connectivity index is 1.29. The summed E-state index contributed by atoms with van der Waals surface area (Å²) in [5.74, 6) is 1.36. The van der Waals surface area contributed by atoms with Crippen molar-refractivity contribution in [2.45, 2.75) is 24.0 Å². The molecule has 8 heteroatoms. The van der Waals surface area contributed by atoms with Gasteiger partial charge in [-0.3, -0.25) is 9.36 Å². The van der Waals surface area contributed by atoms with Gasteiger partial charge in [0.2, 0.25) is 5.91 Å². The summed E-state index contributed by atoms with van der Waals surface area (Å²) >= 11 is 1.29. The van der Waals surface area contributed by atoms with Crippen LogP contribution in [0.25, 0.3) is 11.4 Å². The molecular formula is C25H21FN4O2S. The van der Waals surface area contributed by atoms with Crippen LogP contribution >= 0.6 is 11.8 Å². The number of nitrogens with one attached hydrogen (secondary N) is 1. The molecule has 1 aliphatic carbocycles. The van der Waals surface area contributed by atoms with E-state index in [4.69, 9.17) is 4.74 Å². The van der Waals surface area contributed by atoms with Gasteiger partial charge in [-0.25, -0.2) is 4.39 Å². The highest BCUT2D eigenvalue weighted by molar-refractivity contribution is 7.99. The number of hydrogen-bond acceptors (Lipinski definition) is 5. The van der Waals surface area contributed by atoms with E-state index in [1.54, 1.807) is 30.3 Å². The van der Waals surface area contributed by atoms with Crippen molar-refractivity contribution < 1.29 is 13.9 Å². The Labute approximate surface area is 194 Å². The quantitative estimate of drug-likeness (QED) is 0.330. The van der Waals surface area contributed by atoms with Crippen molar-refractivity contribution in [3.8, 4) is 22.9 Å². The molecule has 1 saturated carbocycles. The summed E-state index contributed by atoms with van der Waals surface area (Å²) in [6, 6.07) is 23.5. The predicted molar refractivity (Wildman–Crippen MR) is 126 cm³/mol. The Morgan fingerprint density at radius 3 is 2.52 bits per heavy atom. The zero-order valence-corrected chi connectivity index (χ0v) is 18.5. The molecule has 1 aromatic heterocycles. The third-order valence-electron chi connectivity index (χ3n) is 5.16. The first-order chi connectivity index (χ1) is 16.2. The fourth-order valence-electron chi connectivity index (χ4n) is 3.45. The summed E-state index contributed by atoms with van der Waals surface area (Å²) in [5.41, 5.74) is 1.00. The molecule has 0 aliphatic heterocycles. The number of rotatable bonds is 8. The molecule has 0 radical (unpaired) electrons. The summed E-state index contributed by atoms with van der Waals surface area (Å²) in [6.45, 7) is 0. The van der Waals surface area contributed by atoms with Crippen LogP contribution in [0.4, 0.5) is 10.1 Å². The van der Waals surface area contributed by atoms with Crippen LogP contribution in [0.15, 0.2) is 84.0 Å². The van der Waals surface area contributed by atoms with Crippen LogP contribution in [0, 0.1) is 5.82 Å². The molecule has 1 amide bonds. The van der Waals surface area contributed by atoms with Crippen LogP contribution in [0.1, 0.15) is 18.9 Å². The number of ether oxygens (including phenoxy) is 1. The summed E-state index contributed by atoms with van der Waals surface area (Å²) in [7, 11) is 0. The molecule has 5 rings (SSSR count). The number of thioether (sulfide) groups is 1. The number of nitrogens with zero attached hydrogens (tertiary/aromatic N) is 3. The van der Waals surface area contributed by atoms with E-state index >= 15 is 0 Å². The lowest BCUT2D eigenvalue weighted by atomic mass is 10.2. The lowest BCUT2D eigenvalue weighted by molar-refractivity contribution is -0.113. The number of carbonyl (C=O) groups excluding carboxylic acids is 1. The van der Waals surface area contributed by atoms with E-state index in [2.05, 4.69) is 15.5 Å². The summed E-state index contributed by atoms with van der Waals surface area (Å²) in [4.78, 5) is 12.7. The van der Waals surface area contributed by atoms with E-state index in [1.165, 1.54) is 17.8 Å². The maximum Gasteiger partial charge on any atom is 0.234 e. The summed E-state index contributed by atoms with van der Waals surface area (Å²) in [5, 5.41) is 12.0. The smallest absolute Gasteiger partial charge is 0.234 e. The summed E-state index contributed by atoms with van der Waals surface area (Å²) < 4.78 is 22.2. The molecule has 1 heterocycles. The highest BCUT2D eigenvalue weighted by Gasteiger charge is 2.31. The van der Waals surface area contributed by atoms with Crippen molar-refractivity contribution >= 4 is 23.4 Å². The average Bonchev–Trinajstić information content (AvgIpc) is 3.59. The molecule has 0 spiro atoms. The Bertz CT molecular complexity index is 1270. The molecular weight excluding hydrogens is 439 g/mol. The summed E-state index contributed by atoms with van der Waals surface area (Å²) in [6.07, 6.45) is 1.98. The van der Waals surface area contributed by atoms with Gasteiger partial charge in [0.25, 0.3) is 0 Å². The zero-order valence-electron chi connectivity index (χ0n) is 17.6. The van der Waals surface area contributed by atoms with E-state index in [0.717, 1.165) is 12.8 Å². The van der Waals surface area contributed by atoms with Crippen LogP contribution in [0.2, 0.25) is 0 Å². The molecule has 3 aromatic carbocycles. The molecule has 1 aliphatic rings. The number of para-hydroxylation sites is 3. The van der Waals surface area contributed by atoms with Gasteiger partial charge in [0.1, 0.15) is 11.6 Å². The van der Waals surface area contributed by atoms with Crippen molar-refractivity contribution in [2.24, 2.45) is 0 Å². The molecule has 1 N–H and O–H groups in total. The number of carbonyl (C=O) groups is 1. The highest BCUT2D eigenvalue weighted by atomic mass is 32.2. The van der Waals surface area contributed by atoms with Gasteiger partial charge in [0.15, 0.2) is 16.7 Å². The molecule has 1 fully saturated rings. The molecule has 0 atom stereocenters. The van der Waals surface area contributed by atoms with Crippen LogP contribution < -0.4 is 10.1 Å². The van der Waals surface area contributed by atoms with Crippen molar-refractivity contribution in [3.63, 3.8) is 0 Å². The predicted octanol–water partition coefficient (Wildman–Crippen LogP) is 5.94. The molecule has 4 aromatic rings. The van der Waals surface area contributed by atoms with Gasteiger partial charge in [-0.2, -0.15) is 0 Å². The second-order valence-corrected chi connectivity index (χ2v) is 8.58. The first-order valence-electron chi connectivity index (χ1n) is 10.6. The highest BCUT2D eigenvalue weighted by Crippen LogP contribution is 2.41. The number of hydrogen-bond donors (Lipinski definition) is 1. The Morgan fingerprint density at radius 2 is 1.73 bits per heavy atom. The molecule has 0 bridgehead atoms. The van der Waals surface area contributed by atoms with Gasteiger partial charge in [0, 0.05) is 6.04 Å². The van der Waals surface area contributed by atoms with Crippen molar-refractivity contribution in [2.75, 3.05) is 11.1 Å². The van der Waals surface area contributed by atoms with Gasteiger partial charge in [0.05, 0.1) is 17.0 Å². The van der Waals surface area contributed by atoms with Crippen molar-refractivity contribution in [1.29, 1.82) is 0 Å². The van der Waals surface area contributed by atoms with Gasteiger partial charge in [-0.05, 0) is 49.2 Å². The lowest BCUT2D eigenvalue weighted by Crippen LogP contribution is -2.15. The van der Waals surface area contributed by atoms with Crippen LogP contribution in [0.3, 0.4) is 0 Å². The van der Waals surface area contributed by atoms with E-state index in [-0.39, 0.29) is 23.5 Å². The Kier molecular flexibility index (Phi) is 6.08. The van der Waals surface area contributed by atoms with Crippen LogP contribution in [-0.4, -0.2) is 26.4 Å². The fraction of sp³-hybridized carbons (Fsp3) is 0.160. The first kappa shape index (κ1) is 21.2. The van der Waals surface area contributed by atoms with E-state index in [9.17, 15) is 9.18 Å². The zero-order chi connectivity index (χ0) is 22.6. The van der Waals surface area contributed by atoms with Crippen molar-refractivity contribution in [1.82, 2.24) is 14.8 Å². The van der Waals surface area contributed by atoms with Crippen LogP contribution in [-0.2, 0) is 4.79 Å². The van der Waals surface area contributed by atoms with Gasteiger partial charge < -0.3 is 10.1 Å². The van der Waals surface area contributed by atoms with Crippen LogP contribution in [0.5, 0.6) is 11.5 Å². The number of halogens is 1. The Morgan fingerprint density at radius 1 is 1.00 bits per heavy atom. The first-order valence-corrected chi connectivity index (χ1v) is 11.6. The lowest BCUT2D eigenvalue weighted by Gasteiger charge is -2.12. The SMILES string of the molecule is O=C(CSc1nnc(-c2ccccc2F)n1C1CC1)Nc1ccccc1Oc1ccccc1. The Hall–Kier alpha value is -3.65. The number of anilines is 1. The number of benzene rings is 3. The van der Waals surface area contributed by atoms with E-state index in [0.29, 0.717) is 33.7 Å². The standard InChI is InChI=1S/C25H21FN4O2S/c26-20-11-5-4-10-19(20)24-28-29-25(30(24)17-14-15-17)33-16-23(31)27-21-12-6-7-13-22(21)32-18-8-2-1-3-9-18/h1-13,17H,14-16H2,(H,27,31).